The molecule has 1 heterocycles. The predicted molar refractivity (Wildman–Crippen MR) is 97.1 cm³/mol. The molecule has 0 saturated heterocycles. The van der Waals surface area contributed by atoms with Gasteiger partial charge in [-0.25, -0.2) is 0 Å². The quantitative estimate of drug-likeness (QED) is 0.483. The van der Waals surface area contributed by atoms with Gasteiger partial charge in [-0.1, -0.05) is 34.9 Å². The smallest absolute Gasteiger partial charge is 0.311 e. The Kier molecular flexibility index (Phi) is 4.64. The molecule has 0 bridgehead atoms. The summed E-state index contributed by atoms with van der Waals surface area (Å²) in [6, 6.07) is 7.23. The molecule has 6 heteroatoms. The van der Waals surface area contributed by atoms with Crippen molar-refractivity contribution in [2.75, 3.05) is 0 Å². The lowest BCUT2D eigenvalue weighted by Crippen LogP contribution is -2.39. The third-order valence-electron chi connectivity index (χ3n) is 4.63. The normalized spacial score (nSPS) is 20.3. The van der Waals surface area contributed by atoms with Crippen LogP contribution in [0.3, 0.4) is 0 Å². The van der Waals surface area contributed by atoms with Gasteiger partial charge in [0.1, 0.15) is 5.52 Å². The van der Waals surface area contributed by atoms with Crippen LogP contribution in [-0.4, -0.2) is 32.5 Å². The van der Waals surface area contributed by atoms with E-state index in [1.807, 2.05) is 25.1 Å². The summed E-state index contributed by atoms with van der Waals surface area (Å²) in [4.78, 5) is 25.8. The van der Waals surface area contributed by atoms with Crippen molar-refractivity contribution in [3.63, 3.8) is 0 Å². The van der Waals surface area contributed by atoms with E-state index in [2.05, 4.69) is 16.2 Å². The number of carbonyl (C=O) groups is 2. The molecule has 1 aliphatic rings. The summed E-state index contributed by atoms with van der Waals surface area (Å²) >= 11 is 0. The number of esters is 1. The van der Waals surface area contributed by atoms with Gasteiger partial charge in [-0.2, -0.15) is 4.68 Å². The summed E-state index contributed by atoms with van der Waals surface area (Å²) < 4.78 is 6.74. The molecule has 2 unspecified atom stereocenters. The predicted octanol–water partition coefficient (Wildman–Crippen LogP) is 3.00. The fourth-order valence-corrected chi connectivity index (χ4v) is 3.13. The van der Waals surface area contributed by atoms with Crippen molar-refractivity contribution in [1.29, 1.82) is 0 Å². The minimum atomic E-state index is -1.01. The van der Waals surface area contributed by atoms with Crippen LogP contribution in [-0.2, 0) is 9.53 Å². The van der Waals surface area contributed by atoms with Crippen LogP contribution in [0.5, 0.6) is 0 Å². The van der Waals surface area contributed by atoms with Gasteiger partial charge < -0.3 is 4.74 Å². The molecule has 0 spiro atoms. The van der Waals surface area contributed by atoms with E-state index in [1.54, 1.807) is 26.0 Å². The zero-order chi connectivity index (χ0) is 18.9. The first kappa shape index (κ1) is 17.9. The second-order valence-corrected chi connectivity index (χ2v) is 7.11. The van der Waals surface area contributed by atoms with E-state index in [-0.39, 0.29) is 5.91 Å². The lowest BCUT2D eigenvalue weighted by atomic mass is 9.79. The maximum Gasteiger partial charge on any atom is 0.311 e. The number of terminal acetylenes is 1. The summed E-state index contributed by atoms with van der Waals surface area (Å²) in [5.41, 5.74) is 1.30. The average Bonchev–Trinajstić information content (AvgIpc) is 3.05. The first-order chi connectivity index (χ1) is 12.3. The van der Waals surface area contributed by atoms with Crippen LogP contribution in [0.4, 0.5) is 0 Å². The van der Waals surface area contributed by atoms with Crippen LogP contribution in [0.1, 0.15) is 38.4 Å². The highest BCUT2D eigenvalue weighted by molar-refractivity contribution is 5.93. The summed E-state index contributed by atoms with van der Waals surface area (Å²) in [5, 5.41) is 8.01. The van der Waals surface area contributed by atoms with E-state index >= 15 is 0 Å². The molecule has 0 aliphatic heterocycles. The van der Waals surface area contributed by atoms with E-state index < -0.39 is 23.4 Å². The standard InChI is InChI=1S/C20H21N3O3/c1-5-20(3,4)26-19(25)15-12-13(2)10-11-14(15)18(24)23-17-9-7-6-8-16(17)21-22-23/h1,6-10,14-15H,11-12H2,2-4H3. The number of hydrogen-bond donors (Lipinski definition) is 0. The molecule has 0 saturated carbocycles. The fraction of sp³-hybridized carbons (Fsp3) is 0.400. The van der Waals surface area contributed by atoms with E-state index in [0.717, 1.165) is 5.57 Å². The molecule has 26 heavy (non-hydrogen) atoms. The summed E-state index contributed by atoms with van der Waals surface area (Å²) in [7, 11) is 0. The number of fused-ring (bicyclic) bond motifs is 1. The number of allylic oxidation sites excluding steroid dienone is 2. The topological polar surface area (TPSA) is 74.1 Å². The van der Waals surface area contributed by atoms with Gasteiger partial charge in [-0.3, -0.25) is 9.59 Å². The Hall–Kier alpha value is -2.94. The molecular weight excluding hydrogens is 330 g/mol. The monoisotopic (exact) mass is 351 g/mol. The molecule has 1 aliphatic carbocycles. The number of ether oxygens (including phenoxy) is 1. The van der Waals surface area contributed by atoms with Gasteiger partial charge in [0, 0.05) is 0 Å². The number of rotatable bonds is 3. The minimum Gasteiger partial charge on any atom is -0.446 e. The van der Waals surface area contributed by atoms with Crippen molar-refractivity contribution >= 4 is 22.9 Å². The maximum atomic E-state index is 13.1. The molecule has 2 aromatic rings. The maximum absolute atomic E-state index is 13.1. The van der Waals surface area contributed by atoms with Crippen LogP contribution in [0.15, 0.2) is 35.9 Å². The second kappa shape index (κ2) is 6.75. The highest BCUT2D eigenvalue weighted by atomic mass is 16.6. The molecule has 1 aromatic carbocycles. The van der Waals surface area contributed by atoms with Gasteiger partial charge in [-0.05, 0) is 45.7 Å². The molecule has 0 N–H and O–H groups in total. The average molecular weight is 351 g/mol. The zero-order valence-corrected chi connectivity index (χ0v) is 15.1. The number of aromatic nitrogens is 3. The van der Waals surface area contributed by atoms with Crippen molar-refractivity contribution < 1.29 is 14.3 Å². The third-order valence-corrected chi connectivity index (χ3v) is 4.63. The summed E-state index contributed by atoms with van der Waals surface area (Å²) in [5.74, 6) is 0.572. The van der Waals surface area contributed by atoms with Crippen molar-refractivity contribution in [3.05, 3.63) is 35.9 Å². The highest BCUT2D eigenvalue weighted by Gasteiger charge is 2.39. The van der Waals surface area contributed by atoms with E-state index in [9.17, 15) is 9.59 Å². The minimum absolute atomic E-state index is 0.261. The largest absolute Gasteiger partial charge is 0.446 e. The van der Waals surface area contributed by atoms with Crippen LogP contribution >= 0.6 is 0 Å². The van der Waals surface area contributed by atoms with E-state index in [4.69, 9.17) is 11.2 Å². The summed E-state index contributed by atoms with van der Waals surface area (Å²) in [6.45, 7) is 5.24. The molecule has 0 fully saturated rings. The van der Waals surface area contributed by atoms with E-state index in [1.165, 1.54) is 4.68 Å². The first-order valence-electron chi connectivity index (χ1n) is 8.53. The third kappa shape index (κ3) is 3.38. The fourth-order valence-electron chi connectivity index (χ4n) is 3.13. The number of benzene rings is 1. The zero-order valence-electron chi connectivity index (χ0n) is 15.1. The number of para-hydroxylation sites is 1. The van der Waals surface area contributed by atoms with Crippen molar-refractivity contribution in [2.24, 2.45) is 11.8 Å². The lowest BCUT2D eigenvalue weighted by Gasteiger charge is -2.30. The second-order valence-electron chi connectivity index (χ2n) is 7.11. The van der Waals surface area contributed by atoms with Crippen LogP contribution < -0.4 is 0 Å². The first-order valence-corrected chi connectivity index (χ1v) is 8.53. The van der Waals surface area contributed by atoms with Gasteiger partial charge in [0.05, 0.1) is 17.4 Å². The molecule has 6 nitrogen and oxygen atoms in total. The Bertz CT molecular complexity index is 933. The van der Waals surface area contributed by atoms with Crippen LogP contribution in [0.25, 0.3) is 11.0 Å². The Morgan fingerprint density at radius 3 is 2.77 bits per heavy atom. The molecule has 0 radical (unpaired) electrons. The number of nitrogens with zero attached hydrogens (tertiary/aromatic N) is 3. The lowest BCUT2D eigenvalue weighted by molar-refractivity contribution is -0.158. The molecular formula is C20H21N3O3. The number of hydrogen-bond acceptors (Lipinski definition) is 5. The molecule has 134 valence electrons. The van der Waals surface area contributed by atoms with Crippen LogP contribution in [0, 0.1) is 24.2 Å². The molecule has 1 aromatic heterocycles. The van der Waals surface area contributed by atoms with Gasteiger partial charge >= 0.3 is 5.97 Å². The summed E-state index contributed by atoms with van der Waals surface area (Å²) in [6.07, 6.45) is 8.32. The van der Waals surface area contributed by atoms with Gasteiger partial charge in [0.15, 0.2) is 5.60 Å². The van der Waals surface area contributed by atoms with Gasteiger partial charge in [0.25, 0.3) is 5.91 Å². The Morgan fingerprint density at radius 2 is 2.04 bits per heavy atom. The highest BCUT2D eigenvalue weighted by Crippen LogP contribution is 2.33. The molecule has 3 rings (SSSR count). The van der Waals surface area contributed by atoms with Gasteiger partial charge in [0.2, 0.25) is 0 Å². The van der Waals surface area contributed by atoms with Crippen molar-refractivity contribution in [2.45, 2.75) is 39.2 Å². The Morgan fingerprint density at radius 1 is 1.31 bits per heavy atom. The molecule has 0 amide bonds. The van der Waals surface area contributed by atoms with Crippen molar-refractivity contribution in [3.8, 4) is 12.3 Å². The van der Waals surface area contributed by atoms with E-state index in [0.29, 0.717) is 23.9 Å². The Balaban J connectivity index is 1.92. The van der Waals surface area contributed by atoms with Crippen molar-refractivity contribution in [1.82, 2.24) is 15.0 Å². The number of carbonyl (C=O) groups excluding carboxylic acids is 2. The Labute approximate surface area is 152 Å². The SMILES string of the molecule is C#CC(C)(C)OC(=O)C1CC(C)=CCC1C(=O)n1nnc2ccccc21. The van der Waals surface area contributed by atoms with Crippen LogP contribution in [0.2, 0.25) is 0 Å². The molecule has 2 atom stereocenters. The van der Waals surface area contributed by atoms with Gasteiger partial charge in [-0.15, -0.1) is 11.5 Å².